The van der Waals surface area contributed by atoms with Gasteiger partial charge in [0.05, 0.1) is 25.4 Å². The van der Waals surface area contributed by atoms with Gasteiger partial charge in [0.25, 0.3) is 0 Å². The van der Waals surface area contributed by atoms with E-state index in [-0.39, 0.29) is 23.8 Å². The van der Waals surface area contributed by atoms with Crippen molar-refractivity contribution in [1.29, 1.82) is 0 Å². The van der Waals surface area contributed by atoms with Crippen molar-refractivity contribution < 1.29 is 19.1 Å². The lowest BCUT2D eigenvalue weighted by Crippen LogP contribution is -2.61. The van der Waals surface area contributed by atoms with Crippen LogP contribution in [-0.4, -0.2) is 26.2 Å². The second-order valence-corrected chi connectivity index (χ2v) is 8.64. The highest BCUT2D eigenvalue weighted by Gasteiger charge is 2.71. The molecule has 6 bridgehead atoms. The van der Waals surface area contributed by atoms with Crippen molar-refractivity contribution in [3.8, 4) is 0 Å². The molecule has 8 aliphatic carbocycles. The van der Waals surface area contributed by atoms with Crippen LogP contribution in [0.4, 0.5) is 0 Å². The molecule has 4 heteroatoms. The molecule has 0 amide bonds. The van der Waals surface area contributed by atoms with E-state index in [1.54, 1.807) is 0 Å². The van der Waals surface area contributed by atoms with Crippen LogP contribution >= 0.6 is 0 Å². The molecule has 4 nitrogen and oxygen atoms in total. The Kier molecular flexibility index (Phi) is 2.76. The van der Waals surface area contributed by atoms with Gasteiger partial charge >= 0.3 is 11.9 Å². The van der Waals surface area contributed by atoms with Crippen LogP contribution in [0.15, 0.2) is 47.6 Å². The third-order valence-electron chi connectivity index (χ3n) is 8.09. The van der Waals surface area contributed by atoms with Gasteiger partial charge in [-0.05, 0) is 47.3 Å². The third-order valence-corrected chi connectivity index (χ3v) is 8.09. The molecule has 0 aromatic rings. The summed E-state index contributed by atoms with van der Waals surface area (Å²) in [4.78, 5) is 25.2. The number of carbonyl (C=O) groups excluding carboxylic acids is 2. The van der Waals surface area contributed by atoms with Crippen LogP contribution in [0.2, 0.25) is 0 Å². The number of ether oxygens (including phenoxy) is 2. The standard InChI is InChI=1S/C22H22O4/c1-25-21(23)18-12-7-8-13(19(18)22(24)26-2)17-16(12)14-9-3-5-10-11(6-4-9)15(10)20(14)17/h3-17,20H,1-2H3/t9?,10-,11+,12-,13-,14-,15?,16+,17-,20+/m0/s1. The molecule has 8 aliphatic rings. The van der Waals surface area contributed by atoms with E-state index >= 15 is 0 Å². The Balaban J connectivity index is 1.49. The molecule has 2 saturated carbocycles. The minimum atomic E-state index is -0.375. The number of hydrogen-bond acceptors (Lipinski definition) is 4. The highest BCUT2D eigenvalue weighted by Crippen LogP contribution is 2.74. The molecule has 10 atom stereocenters. The molecule has 0 heterocycles. The summed E-state index contributed by atoms with van der Waals surface area (Å²) < 4.78 is 10.1. The van der Waals surface area contributed by atoms with Crippen LogP contribution in [0.3, 0.4) is 0 Å². The molecule has 0 aromatic heterocycles. The number of esters is 2. The highest BCUT2D eigenvalue weighted by atomic mass is 16.5. The monoisotopic (exact) mass is 350 g/mol. The fraction of sp³-hybridized carbons (Fsp3) is 0.545. The van der Waals surface area contributed by atoms with Gasteiger partial charge in [0, 0.05) is 11.8 Å². The van der Waals surface area contributed by atoms with Crippen molar-refractivity contribution in [2.24, 2.45) is 59.2 Å². The second kappa shape index (κ2) is 4.79. The van der Waals surface area contributed by atoms with Gasteiger partial charge < -0.3 is 9.47 Å². The van der Waals surface area contributed by atoms with Crippen molar-refractivity contribution >= 4 is 11.9 Å². The molecule has 0 aromatic carbocycles. The van der Waals surface area contributed by atoms with Gasteiger partial charge in [0.15, 0.2) is 0 Å². The van der Waals surface area contributed by atoms with E-state index in [4.69, 9.17) is 9.47 Å². The number of carbonyl (C=O) groups is 2. The lowest BCUT2D eigenvalue weighted by atomic mass is 9.40. The lowest BCUT2D eigenvalue weighted by Gasteiger charge is -2.63. The molecule has 0 spiro atoms. The Hall–Kier alpha value is -2.10. The third kappa shape index (κ3) is 1.54. The summed E-state index contributed by atoms with van der Waals surface area (Å²) in [5.74, 6) is 3.87. The number of methoxy groups -OCH3 is 2. The van der Waals surface area contributed by atoms with Crippen LogP contribution in [0.1, 0.15) is 0 Å². The Morgan fingerprint density at radius 2 is 1.15 bits per heavy atom. The van der Waals surface area contributed by atoms with Crippen molar-refractivity contribution in [2.75, 3.05) is 14.2 Å². The first-order valence-corrected chi connectivity index (χ1v) is 9.63. The first-order valence-electron chi connectivity index (χ1n) is 9.63. The van der Waals surface area contributed by atoms with E-state index in [1.807, 2.05) is 0 Å². The molecular weight excluding hydrogens is 328 g/mol. The quantitative estimate of drug-likeness (QED) is 0.567. The first-order chi connectivity index (χ1) is 12.7. The van der Waals surface area contributed by atoms with Crippen molar-refractivity contribution in [2.45, 2.75) is 0 Å². The number of hydrogen-bond donors (Lipinski definition) is 0. The number of rotatable bonds is 2. The Morgan fingerprint density at radius 1 is 0.654 bits per heavy atom. The van der Waals surface area contributed by atoms with Crippen LogP contribution in [0.25, 0.3) is 0 Å². The largest absolute Gasteiger partial charge is 0.466 e. The average molecular weight is 350 g/mol. The minimum absolute atomic E-state index is 0.00782. The summed E-state index contributed by atoms with van der Waals surface area (Å²) in [6, 6.07) is 0. The van der Waals surface area contributed by atoms with E-state index in [0.717, 1.165) is 5.92 Å². The van der Waals surface area contributed by atoms with Gasteiger partial charge in [-0.1, -0.05) is 36.5 Å². The molecule has 8 rings (SSSR count). The predicted molar refractivity (Wildman–Crippen MR) is 93.4 cm³/mol. The molecule has 0 radical (unpaired) electrons. The molecule has 0 aliphatic heterocycles. The zero-order valence-corrected chi connectivity index (χ0v) is 14.9. The van der Waals surface area contributed by atoms with E-state index in [0.29, 0.717) is 52.6 Å². The van der Waals surface area contributed by atoms with Gasteiger partial charge in [0.2, 0.25) is 0 Å². The maximum atomic E-state index is 12.6. The highest BCUT2D eigenvalue weighted by molar-refractivity contribution is 6.02. The van der Waals surface area contributed by atoms with E-state index in [2.05, 4.69) is 36.5 Å². The molecule has 2 fully saturated rings. The Morgan fingerprint density at radius 3 is 1.65 bits per heavy atom. The van der Waals surface area contributed by atoms with E-state index in [1.165, 1.54) is 14.2 Å². The van der Waals surface area contributed by atoms with Crippen LogP contribution in [0.5, 0.6) is 0 Å². The summed E-state index contributed by atoms with van der Waals surface area (Å²) in [6.45, 7) is 0. The fourth-order valence-corrected chi connectivity index (χ4v) is 7.25. The van der Waals surface area contributed by atoms with Crippen LogP contribution in [0, 0.1) is 59.2 Å². The zero-order chi connectivity index (χ0) is 17.7. The van der Waals surface area contributed by atoms with Gasteiger partial charge in [-0.3, -0.25) is 0 Å². The number of allylic oxidation sites excluding steroid dienone is 6. The maximum absolute atomic E-state index is 12.6. The van der Waals surface area contributed by atoms with E-state index < -0.39 is 0 Å². The first kappa shape index (κ1) is 15.0. The maximum Gasteiger partial charge on any atom is 0.334 e. The SMILES string of the molecule is COC(=O)C1=C(C(=O)OC)[C@H]2C=C[C@H]1[C@@H]1[C@@H]3C4C=C[C@@H]5C([C@@H]3[C@H]12)[C@@H]5C=C4. The molecular formula is C22H22O4. The molecule has 26 heavy (non-hydrogen) atoms. The fourth-order valence-electron chi connectivity index (χ4n) is 7.25. The van der Waals surface area contributed by atoms with Crippen LogP contribution in [-0.2, 0) is 19.1 Å². The summed E-state index contributed by atoms with van der Waals surface area (Å²) in [5.41, 5.74) is 1.10. The molecule has 2 unspecified atom stereocenters. The predicted octanol–water partition coefficient (Wildman–Crippen LogP) is 2.54. The molecule has 134 valence electrons. The average Bonchev–Trinajstić information content (AvgIpc) is 3.39. The van der Waals surface area contributed by atoms with Crippen molar-refractivity contribution in [1.82, 2.24) is 0 Å². The lowest BCUT2D eigenvalue weighted by molar-refractivity contribution is -0.147. The van der Waals surface area contributed by atoms with Gasteiger partial charge in [0.1, 0.15) is 0 Å². The van der Waals surface area contributed by atoms with Crippen LogP contribution < -0.4 is 0 Å². The smallest absolute Gasteiger partial charge is 0.334 e. The minimum Gasteiger partial charge on any atom is -0.466 e. The summed E-state index contributed by atoms with van der Waals surface area (Å²) in [6.07, 6.45) is 14.0. The Bertz CT molecular complexity index is 826. The molecule has 0 saturated heterocycles. The summed E-state index contributed by atoms with van der Waals surface area (Å²) in [7, 11) is 2.79. The van der Waals surface area contributed by atoms with Gasteiger partial charge in [-0.15, -0.1) is 0 Å². The summed E-state index contributed by atoms with van der Waals surface area (Å²) in [5, 5.41) is 0. The Labute approximate surface area is 152 Å². The second-order valence-electron chi connectivity index (χ2n) is 8.64. The van der Waals surface area contributed by atoms with Crippen molar-refractivity contribution in [3.63, 3.8) is 0 Å². The zero-order valence-electron chi connectivity index (χ0n) is 14.9. The van der Waals surface area contributed by atoms with E-state index in [9.17, 15) is 9.59 Å². The normalized spacial score (nSPS) is 50.4. The van der Waals surface area contributed by atoms with Crippen molar-refractivity contribution in [3.05, 3.63) is 47.6 Å². The topological polar surface area (TPSA) is 52.6 Å². The van der Waals surface area contributed by atoms with Gasteiger partial charge in [-0.25, -0.2) is 9.59 Å². The molecule has 0 N–H and O–H groups in total. The summed E-state index contributed by atoms with van der Waals surface area (Å²) >= 11 is 0. The van der Waals surface area contributed by atoms with Gasteiger partial charge in [-0.2, -0.15) is 0 Å².